The number of fused-ring (bicyclic) bond motifs is 2. The highest BCUT2D eigenvalue weighted by atomic mass is 15.3. The molecule has 0 aliphatic rings. The fraction of sp³-hybridized carbons (Fsp3) is 0.294. The molecule has 0 radical (unpaired) electrons. The third-order valence-electron chi connectivity index (χ3n) is 4.11. The van der Waals surface area contributed by atoms with Gasteiger partial charge < -0.3 is 0 Å². The van der Waals surface area contributed by atoms with Crippen molar-refractivity contribution < 1.29 is 0 Å². The van der Waals surface area contributed by atoms with Crippen LogP contribution >= 0.6 is 0 Å². The average molecular weight is 306 g/mol. The Labute approximate surface area is 133 Å². The SMILES string of the molecule is Cc1cc(-c2[nH]nc3ncccc23)nc2c1c(C)nn2C(C)C. The molecule has 0 unspecified atom stereocenters. The molecular formula is C17H18N6. The number of rotatable bonds is 2. The van der Waals surface area contributed by atoms with Gasteiger partial charge in [-0.05, 0) is 51.5 Å². The van der Waals surface area contributed by atoms with E-state index in [4.69, 9.17) is 4.98 Å². The van der Waals surface area contributed by atoms with Crippen LogP contribution < -0.4 is 0 Å². The zero-order valence-electron chi connectivity index (χ0n) is 13.6. The van der Waals surface area contributed by atoms with E-state index in [0.717, 1.165) is 33.5 Å². The first-order chi connectivity index (χ1) is 11.1. The number of aryl methyl sites for hydroxylation is 2. The maximum absolute atomic E-state index is 4.87. The van der Waals surface area contributed by atoms with Gasteiger partial charge in [-0.1, -0.05) is 0 Å². The summed E-state index contributed by atoms with van der Waals surface area (Å²) in [7, 11) is 0. The average Bonchev–Trinajstić information content (AvgIpc) is 3.09. The number of hydrogen-bond acceptors (Lipinski definition) is 4. The first kappa shape index (κ1) is 13.9. The maximum atomic E-state index is 4.87. The topological polar surface area (TPSA) is 72.3 Å². The van der Waals surface area contributed by atoms with Gasteiger partial charge in [0.1, 0.15) is 0 Å². The Balaban J connectivity index is 2.03. The van der Waals surface area contributed by atoms with E-state index in [1.807, 2.05) is 23.7 Å². The lowest BCUT2D eigenvalue weighted by Crippen LogP contribution is -2.04. The Hall–Kier alpha value is -2.76. The lowest BCUT2D eigenvalue weighted by molar-refractivity contribution is 0.543. The van der Waals surface area contributed by atoms with Crippen molar-refractivity contribution in [3.05, 3.63) is 35.7 Å². The zero-order valence-corrected chi connectivity index (χ0v) is 13.6. The molecule has 0 amide bonds. The monoisotopic (exact) mass is 306 g/mol. The van der Waals surface area contributed by atoms with E-state index >= 15 is 0 Å². The summed E-state index contributed by atoms with van der Waals surface area (Å²) >= 11 is 0. The van der Waals surface area contributed by atoms with Crippen molar-refractivity contribution in [2.75, 3.05) is 0 Å². The third kappa shape index (κ3) is 2.02. The van der Waals surface area contributed by atoms with Gasteiger partial charge in [-0.15, -0.1) is 0 Å². The lowest BCUT2D eigenvalue weighted by atomic mass is 10.1. The van der Waals surface area contributed by atoms with Gasteiger partial charge in [0.05, 0.1) is 17.1 Å². The molecule has 0 aromatic carbocycles. The minimum atomic E-state index is 0.258. The number of aromatic amines is 1. The normalized spacial score (nSPS) is 11.9. The van der Waals surface area contributed by atoms with Crippen molar-refractivity contribution >= 4 is 22.1 Å². The van der Waals surface area contributed by atoms with E-state index in [2.05, 4.69) is 47.1 Å². The minimum Gasteiger partial charge on any atom is -0.273 e. The summed E-state index contributed by atoms with van der Waals surface area (Å²) in [5, 5.41) is 14.1. The number of nitrogens with zero attached hydrogens (tertiary/aromatic N) is 5. The molecule has 6 nitrogen and oxygen atoms in total. The van der Waals surface area contributed by atoms with Crippen LogP contribution in [0.1, 0.15) is 31.1 Å². The minimum absolute atomic E-state index is 0.258. The molecule has 0 saturated heterocycles. The molecule has 0 aliphatic heterocycles. The van der Waals surface area contributed by atoms with Gasteiger partial charge in [0.2, 0.25) is 0 Å². The van der Waals surface area contributed by atoms with Crippen LogP contribution in [0.4, 0.5) is 0 Å². The molecule has 0 saturated carbocycles. The van der Waals surface area contributed by atoms with Gasteiger partial charge in [0.25, 0.3) is 0 Å². The zero-order chi connectivity index (χ0) is 16.1. The van der Waals surface area contributed by atoms with Crippen molar-refractivity contribution in [3.63, 3.8) is 0 Å². The summed E-state index contributed by atoms with van der Waals surface area (Å²) in [6.45, 7) is 8.37. The highest BCUT2D eigenvalue weighted by Crippen LogP contribution is 2.29. The molecule has 0 fully saturated rings. The standard InChI is InChI=1S/C17H18N6/c1-9(2)23-17-14(11(4)22-23)10(3)8-13(19-17)15-12-6-5-7-18-16(12)21-20-15/h5-9H,1-4H3,(H,18,20,21). The molecule has 23 heavy (non-hydrogen) atoms. The Morgan fingerprint density at radius 1 is 1.22 bits per heavy atom. The second kappa shape index (κ2) is 4.87. The Morgan fingerprint density at radius 2 is 2.04 bits per heavy atom. The van der Waals surface area contributed by atoms with E-state index in [1.165, 1.54) is 5.56 Å². The van der Waals surface area contributed by atoms with E-state index in [-0.39, 0.29) is 6.04 Å². The fourth-order valence-corrected chi connectivity index (χ4v) is 3.06. The summed E-state index contributed by atoms with van der Waals surface area (Å²) in [5.41, 5.74) is 5.57. The van der Waals surface area contributed by atoms with Gasteiger partial charge in [0, 0.05) is 23.0 Å². The number of nitrogens with one attached hydrogen (secondary N) is 1. The van der Waals surface area contributed by atoms with Crippen molar-refractivity contribution in [3.8, 4) is 11.4 Å². The molecule has 0 spiro atoms. The van der Waals surface area contributed by atoms with Crippen LogP contribution in [0.2, 0.25) is 0 Å². The number of hydrogen-bond donors (Lipinski definition) is 1. The number of pyridine rings is 2. The molecule has 4 heterocycles. The van der Waals surface area contributed by atoms with E-state index in [0.29, 0.717) is 5.65 Å². The molecular weight excluding hydrogens is 288 g/mol. The van der Waals surface area contributed by atoms with Gasteiger partial charge in [-0.2, -0.15) is 10.2 Å². The summed E-state index contributed by atoms with van der Waals surface area (Å²) in [6.07, 6.45) is 1.74. The highest BCUT2D eigenvalue weighted by Gasteiger charge is 2.17. The van der Waals surface area contributed by atoms with Crippen molar-refractivity contribution in [2.45, 2.75) is 33.7 Å². The summed E-state index contributed by atoms with van der Waals surface area (Å²) in [5.74, 6) is 0. The first-order valence-corrected chi connectivity index (χ1v) is 7.72. The first-order valence-electron chi connectivity index (χ1n) is 7.72. The van der Waals surface area contributed by atoms with Crippen LogP contribution in [0, 0.1) is 13.8 Å². The number of H-pyrrole nitrogens is 1. The predicted molar refractivity (Wildman–Crippen MR) is 90.3 cm³/mol. The van der Waals surface area contributed by atoms with Gasteiger partial charge in [-0.3, -0.25) is 5.10 Å². The largest absolute Gasteiger partial charge is 0.273 e. The lowest BCUT2D eigenvalue weighted by Gasteiger charge is -2.08. The molecule has 116 valence electrons. The quantitative estimate of drug-likeness (QED) is 0.614. The Kier molecular flexibility index (Phi) is 2.94. The molecule has 0 bridgehead atoms. The van der Waals surface area contributed by atoms with Crippen LogP contribution in [0.3, 0.4) is 0 Å². The van der Waals surface area contributed by atoms with E-state index in [9.17, 15) is 0 Å². The molecule has 0 atom stereocenters. The molecule has 4 aromatic rings. The Bertz CT molecular complexity index is 1020. The number of aromatic nitrogens is 6. The molecule has 0 aliphatic carbocycles. The van der Waals surface area contributed by atoms with Gasteiger partial charge in [0.15, 0.2) is 11.3 Å². The summed E-state index contributed by atoms with van der Waals surface area (Å²) < 4.78 is 1.98. The maximum Gasteiger partial charge on any atom is 0.181 e. The van der Waals surface area contributed by atoms with Crippen LogP contribution in [0.5, 0.6) is 0 Å². The summed E-state index contributed by atoms with van der Waals surface area (Å²) in [6, 6.07) is 6.26. The Morgan fingerprint density at radius 3 is 2.83 bits per heavy atom. The van der Waals surface area contributed by atoms with Crippen LogP contribution in [0.15, 0.2) is 24.4 Å². The second-order valence-corrected chi connectivity index (χ2v) is 6.12. The smallest absolute Gasteiger partial charge is 0.181 e. The fourth-order valence-electron chi connectivity index (χ4n) is 3.06. The molecule has 4 aromatic heterocycles. The predicted octanol–water partition coefficient (Wildman–Crippen LogP) is 3.57. The van der Waals surface area contributed by atoms with Crippen molar-refractivity contribution in [1.82, 2.24) is 29.9 Å². The van der Waals surface area contributed by atoms with Crippen LogP contribution in [-0.2, 0) is 0 Å². The third-order valence-corrected chi connectivity index (χ3v) is 4.11. The van der Waals surface area contributed by atoms with Crippen LogP contribution in [-0.4, -0.2) is 29.9 Å². The van der Waals surface area contributed by atoms with Gasteiger partial charge in [-0.25, -0.2) is 14.6 Å². The van der Waals surface area contributed by atoms with Crippen LogP contribution in [0.25, 0.3) is 33.5 Å². The molecule has 6 heteroatoms. The van der Waals surface area contributed by atoms with Crippen molar-refractivity contribution in [2.24, 2.45) is 0 Å². The van der Waals surface area contributed by atoms with E-state index < -0.39 is 0 Å². The second-order valence-electron chi connectivity index (χ2n) is 6.12. The van der Waals surface area contributed by atoms with Gasteiger partial charge >= 0.3 is 0 Å². The summed E-state index contributed by atoms with van der Waals surface area (Å²) in [4.78, 5) is 9.15. The molecule has 4 rings (SSSR count). The van der Waals surface area contributed by atoms with E-state index in [1.54, 1.807) is 6.20 Å². The van der Waals surface area contributed by atoms with Crippen molar-refractivity contribution in [1.29, 1.82) is 0 Å². The molecule has 1 N–H and O–H groups in total. The highest BCUT2D eigenvalue weighted by molar-refractivity contribution is 5.92.